The van der Waals surface area contributed by atoms with Crippen LogP contribution in [-0.4, -0.2) is 15.3 Å². The summed E-state index contributed by atoms with van der Waals surface area (Å²) in [7, 11) is 0. The predicted octanol–water partition coefficient (Wildman–Crippen LogP) is 5.07. The smallest absolute Gasteiger partial charge is 0.320 e. The third-order valence-corrected chi connectivity index (χ3v) is 4.37. The van der Waals surface area contributed by atoms with Gasteiger partial charge in [-0.3, -0.25) is 9.20 Å². The molecule has 0 radical (unpaired) electrons. The number of carbonyl (C=O) groups is 1. The molecule has 4 aromatic rings. The highest BCUT2D eigenvalue weighted by molar-refractivity contribution is 6.09. The molecule has 0 spiro atoms. The Morgan fingerprint density at radius 1 is 1.04 bits per heavy atom. The van der Waals surface area contributed by atoms with Crippen molar-refractivity contribution >= 4 is 28.0 Å². The fraction of sp³-hybridized carbons (Fsp3) is 0.100. The lowest BCUT2D eigenvalue weighted by molar-refractivity contribution is -0.137. The molecule has 136 valence electrons. The monoisotopic (exact) mass is 369 g/mol. The van der Waals surface area contributed by atoms with Gasteiger partial charge in [0.25, 0.3) is 5.91 Å². The minimum atomic E-state index is -4.50. The molecule has 27 heavy (non-hydrogen) atoms. The largest absolute Gasteiger partial charge is 0.417 e. The van der Waals surface area contributed by atoms with E-state index in [-0.39, 0.29) is 11.3 Å². The van der Waals surface area contributed by atoms with Crippen molar-refractivity contribution in [1.29, 1.82) is 0 Å². The summed E-state index contributed by atoms with van der Waals surface area (Å²) >= 11 is 0. The van der Waals surface area contributed by atoms with Crippen LogP contribution in [0, 0.1) is 6.92 Å². The number of halogens is 3. The number of hydrogen-bond donors (Lipinski definition) is 1. The van der Waals surface area contributed by atoms with Crippen molar-refractivity contribution in [1.82, 2.24) is 9.38 Å². The normalized spacial score (nSPS) is 11.9. The summed E-state index contributed by atoms with van der Waals surface area (Å²) < 4.78 is 40.3. The van der Waals surface area contributed by atoms with E-state index in [0.717, 1.165) is 23.0 Å². The first-order chi connectivity index (χ1) is 12.8. The Bertz CT molecular complexity index is 1170. The first-order valence-electron chi connectivity index (χ1n) is 8.19. The van der Waals surface area contributed by atoms with Gasteiger partial charge in [-0.2, -0.15) is 13.2 Å². The molecule has 0 saturated heterocycles. The maximum atomic E-state index is 13.0. The topological polar surface area (TPSA) is 46.4 Å². The summed E-state index contributed by atoms with van der Waals surface area (Å²) in [5.41, 5.74) is 0.450. The third-order valence-electron chi connectivity index (χ3n) is 4.37. The number of rotatable bonds is 2. The van der Waals surface area contributed by atoms with Crippen LogP contribution in [0.25, 0.3) is 16.4 Å². The van der Waals surface area contributed by atoms with Crippen molar-refractivity contribution in [3.8, 4) is 0 Å². The van der Waals surface area contributed by atoms with Gasteiger partial charge < -0.3 is 5.32 Å². The second kappa shape index (κ2) is 6.12. The third kappa shape index (κ3) is 3.01. The SMILES string of the molecule is Cc1nc2ccc(C(F)(F)F)cn2c1C(=O)Nc1cccc2ccccc12. The average molecular weight is 369 g/mol. The number of amides is 1. The van der Waals surface area contributed by atoms with Crippen molar-refractivity contribution in [2.45, 2.75) is 13.1 Å². The van der Waals surface area contributed by atoms with E-state index < -0.39 is 17.6 Å². The van der Waals surface area contributed by atoms with E-state index in [4.69, 9.17) is 0 Å². The van der Waals surface area contributed by atoms with Gasteiger partial charge in [-0.05, 0) is 30.5 Å². The van der Waals surface area contributed by atoms with E-state index in [1.165, 1.54) is 10.5 Å². The molecular weight excluding hydrogens is 355 g/mol. The lowest BCUT2D eigenvalue weighted by atomic mass is 10.1. The maximum Gasteiger partial charge on any atom is 0.417 e. The summed E-state index contributed by atoms with van der Waals surface area (Å²) in [6, 6.07) is 15.2. The first kappa shape index (κ1) is 17.1. The number of hydrogen-bond acceptors (Lipinski definition) is 2. The Morgan fingerprint density at radius 3 is 2.56 bits per heavy atom. The van der Waals surface area contributed by atoms with Crippen LogP contribution < -0.4 is 5.32 Å². The molecule has 0 aliphatic carbocycles. The zero-order valence-corrected chi connectivity index (χ0v) is 14.2. The van der Waals surface area contributed by atoms with Crippen LogP contribution in [0.4, 0.5) is 18.9 Å². The number of nitrogens with one attached hydrogen (secondary N) is 1. The molecule has 0 atom stereocenters. The molecule has 4 rings (SSSR count). The van der Waals surface area contributed by atoms with E-state index in [2.05, 4.69) is 10.3 Å². The second-order valence-electron chi connectivity index (χ2n) is 6.17. The number of pyridine rings is 1. The molecule has 1 N–H and O–H groups in total. The maximum absolute atomic E-state index is 13.0. The van der Waals surface area contributed by atoms with E-state index in [1.807, 2.05) is 30.3 Å². The summed E-state index contributed by atoms with van der Waals surface area (Å²) in [5, 5.41) is 4.59. The minimum absolute atomic E-state index is 0.0732. The highest BCUT2D eigenvalue weighted by Crippen LogP contribution is 2.30. The summed E-state index contributed by atoms with van der Waals surface area (Å²) in [6.45, 7) is 1.60. The van der Waals surface area contributed by atoms with Crippen LogP contribution in [-0.2, 0) is 6.18 Å². The van der Waals surface area contributed by atoms with E-state index in [1.54, 1.807) is 19.1 Å². The standard InChI is InChI=1S/C20H14F3N3O/c1-12-18(26-11-14(20(21,22)23)9-10-17(26)24-12)19(27)25-16-8-4-6-13-5-2-3-7-15(13)16/h2-11H,1H3,(H,25,27). The number of nitrogens with zero attached hydrogens (tertiary/aromatic N) is 2. The zero-order chi connectivity index (χ0) is 19.2. The highest BCUT2D eigenvalue weighted by Gasteiger charge is 2.31. The number of anilines is 1. The Labute approximate surface area is 152 Å². The quantitative estimate of drug-likeness (QED) is 0.536. The van der Waals surface area contributed by atoms with Crippen LogP contribution in [0.3, 0.4) is 0 Å². The molecule has 0 unspecified atom stereocenters. The van der Waals surface area contributed by atoms with Gasteiger partial charge in [0.05, 0.1) is 11.3 Å². The van der Waals surface area contributed by atoms with E-state index in [9.17, 15) is 18.0 Å². The summed E-state index contributed by atoms with van der Waals surface area (Å²) in [6.07, 6.45) is -3.61. The fourth-order valence-electron chi connectivity index (χ4n) is 3.12. The lowest BCUT2D eigenvalue weighted by Gasteiger charge is -2.11. The second-order valence-corrected chi connectivity index (χ2v) is 6.17. The Kier molecular flexibility index (Phi) is 3.87. The molecular formula is C20H14F3N3O. The summed E-state index contributed by atoms with van der Waals surface area (Å²) in [4.78, 5) is 17.1. The number of alkyl halides is 3. The Hall–Kier alpha value is -3.35. The van der Waals surface area contributed by atoms with Gasteiger partial charge >= 0.3 is 6.18 Å². The number of fused-ring (bicyclic) bond motifs is 2. The van der Waals surface area contributed by atoms with Crippen LogP contribution in [0.15, 0.2) is 60.8 Å². The van der Waals surface area contributed by atoms with Gasteiger partial charge in [0.1, 0.15) is 11.3 Å². The van der Waals surface area contributed by atoms with Gasteiger partial charge in [-0.25, -0.2) is 4.98 Å². The van der Waals surface area contributed by atoms with E-state index in [0.29, 0.717) is 11.4 Å². The van der Waals surface area contributed by atoms with Crippen molar-refractivity contribution in [2.24, 2.45) is 0 Å². The Morgan fingerprint density at radius 2 is 1.78 bits per heavy atom. The van der Waals surface area contributed by atoms with E-state index >= 15 is 0 Å². The van der Waals surface area contributed by atoms with Crippen LogP contribution in [0.1, 0.15) is 21.7 Å². The highest BCUT2D eigenvalue weighted by atomic mass is 19.4. The number of benzene rings is 2. The van der Waals surface area contributed by atoms with Crippen LogP contribution in [0.5, 0.6) is 0 Å². The van der Waals surface area contributed by atoms with Crippen molar-refractivity contribution < 1.29 is 18.0 Å². The molecule has 0 aliphatic rings. The van der Waals surface area contributed by atoms with Crippen molar-refractivity contribution in [3.05, 3.63) is 77.7 Å². The molecule has 7 heteroatoms. The molecule has 0 bridgehead atoms. The predicted molar refractivity (Wildman–Crippen MR) is 96.8 cm³/mol. The molecule has 0 fully saturated rings. The van der Waals surface area contributed by atoms with Gasteiger partial charge in [-0.1, -0.05) is 36.4 Å². The molecule has 4 nitrogen and oxygen atoms in total. The first-order valence-corrected chi connectivity index (χ1v) is 8.19. The number of aromatic nitrogens is 2. The average Bonchev–Trinajstić information content (AvgIpc) is 2.96. The zero-order valence-electron chi connectivity index (χ0n) is 14.2. The molecule has 2 aromatic heterocycles. The number of aryl methyl sites for hydroxylation is 1. The summed E-state index contributed by atoms with van der Waals surface area (Å²) in [5.74, 6) is -0.518. The Balaban J connectivity index is 1.79. The minimum Gasteiger partial charge on any atom is -0.320 e. The van der Waals surface area contributed by atoms with Gasteiger partial charge in [0, 0.05) is 17.3 Å². The van der Waals surface area contributed by atoms with Gasteiger partial charge in [0.2, 0.25) is 0 Å². The van der Waals surface area contributed by atoms with Crippen LogP contribution >= 0.6 is 0 Å². The van der Waals surface area contributed by atoms with Crippen molar-refractivity contribution in [3.63, 3.8) is 0 Å². The number of carbonyl (C=O) groups excluding carboxylic acids is 1. The lowest BCUT2D eigenvalue weighted by Crippen LogP contribution is -2.16. The molecule has 2 aromatic carbocycles. The van der Waals surface area contributed by atoms with Gasteiger partial charge in [0.15, 0.2) is 0 Å². The molecule has 0 aliphatic heterocycles. The van der Waals surface area contributed by atoms with Gasteiger partial charge in [-0.15, -0.1) is 0 Å². The molecule has 1 amide bonds. The number of imidazole rings is 1. The molecule has 2 heterocycles. The fourth-order valence-corrected chi connectivity index (χ4v) is 3.12. The molecule has 0 saturated carbocycles. The van der Waals surface area contributed by atoms with Crippen molar-refractivity contribution in [2.75, 3.05) is 5.32 Å². The van der Waals surface area contributed by atoms with Crippen LogP contribution in [0.2, 0.25) is 0 Å².